The van der Waals surface area contributed by atoms with Crippen molar-refractivity contribution in [2.45, 2.75) is 56.8 Å². The van der Waals surface area contributed by atoms with Crippen molar-refractivity contribution in [3.63, 3.8) is 0 Å². The Morgan fingerprint density at radius 2 is 1.79 bits per heavy atom. The molecule has 1 aromatic carbocycles. The summed E-state index contributed by atoms with van der Waals surface area (Å²) >= 11 is 1.84. The highest BCUT2D eigenvalue weighted by molar-refractivity contribution is 7.99. The lowest BCUT2D eigenvalue weighted by Gasteiger charge is -2.20. The Morgan fingerprint density at radius 3 is 2.26 bits per heavy atom. The molecule has 0 aromatic heterocycles. The van der Waals surface area contributed by atoms with Crippen molar-refractivity contribution in [2.24, 2.45) is 0 Å². The lowest BCUT2D eigenvalue weighted by atomic mass is 10.1. The van der Waals surface area contributed by atoms with Gasteiger partial charge in [0.25, 0.3) is 0 Å². The summed E-state index contributed by atoms with van der Waals surface area (Å²) in [4.78, 5) is 12.9. The van der Waals surface area contributed by atoms with Gasteiger partial charge in [0.2, 0.25) is 0 Å². The molecule has 2 N–H and O–H groups in total. The molecule has 3 nitrogen and oxygen atoms in total. The highest BCUT2D eigenvalue weighted by atomic mass is 32.2. The maximum absolute atomic E-state index is 11.6. The van der Waals surface area contributed by atoms with E-state index in [-0.39, 0.29) is 11.6 Å². The van der Waals surface area contributed by atoms with Crippen molar-refractivity contribution in [3.8, 4) is 0 Å². The van der Waals surface area contributed by atoms with Gasteiger partial charge in [-0.25, -0.2) is 4.79 Å². The van der Waals surface area contributed by atoms with Crippen LogP contribution in [0.1, 0.15) is 40.2 Å². The fraction of sp³-hybridized carbons (Fsp3) is 0.533. The van der Waals surface area contributed by atoms with Crippen LogP contribution < -0.4 is 10.6 Å². The molecule has 4 heteroatoms. The predicted octanol–water partition coefficient (Wildman–Crippen LogP) is 3.78. The zero-order valence-electron chi connectivity index (χ0n) is 12.4. The Bertz CT molecular complexity index is 407. The summed E-state index contributed by atoms with van der Waals surface area (Å²) in [6.45, 7) is 10.8. The number of urea groups is 1. The summed E-state index contributed by atoms with van der Waals surface area (Å²) < 4.78 is 0. The van der Waals surface area contributed by atoms with Crippen LogP contribution in [0.15, 0.2) is 29.2 Å². The molecule has 0 aliphatic rings. The Labute approximate surface area is 120 Å². The van der Waals surface area contributed by atoms with Gasteiger partial charge < -0.3 is 10.6 Å². The van der Waals surface area contributed by atoms with E-state index in [1.807, 2.05) is 32.5 Å². The summed E-state index contributed by atoms with van der Waals surface area (Å²) in [5, 5.41) is 6.32. The second-order valence-corrected chi connectivity index (χ2v) is 7.52. The average Bonchev–Trinajstić information content (AvgIpc) is 2.25. The summed E-state index contributed by atoms with van der Waals surface area (Å²) in [5.74, 6) is 0. The first-order chi connectivity index (χ1) is 8.76. The Morgan fingerprint density at radius 1 is 1.21 bits per heavy atom. The molecule has 0 aliphatic carbocycles. The number of thioether (sulfide) groups is 1. The molecule has 0 bridgehead atoms. The fourth-order valence-electron chi connectivity index (χ4n) is 1.53. The lowest BCUT2D eigenvalue weighted by Crippen LogP contribution is -2.46. The molecule has 0 saturated heterocycles. The van der Waals surface area contributed by atoms with Crippen LogP contribution >= 0.6 is 11.8 Å². The third kappa shape index (κ3) is 7.11. The number of benzene rings is 1. The van der Waals surface area contributed by atoms with Gasteiger partial charge in [0.05, 0.1) is 0 Å². The summed E-state index contributed by atoms with van der Waals surface area (Å²) in [5.41, 5.74) is 0.902. The van der Waals surface area contributed by atoms with Gasteiger partial charge in [0.1, 0.15) is 0 Å². The second kappa shape index (κ2) is 6.85. The zero-order chi connectivity index (χ0) is 14.5. The fourth-order valence-corrected chi connectivity index (χ4v) is 2.36. The summed E-state index contributed by atoms with van der Waals surface area (Å²) in [7, 11) is 0. The van der Waals surface area contributed by atoms with Gasteiger partial charge in [-0.3, -0.25) is 0 Å². The largest absolute Gasteiger partial charge is 0.334 e. The predicted molar refractivity (Wildman–Crippen MR) is 82.6 cm³/mol. The van der Waals surface area contributed by atoms with Gasteiger partial charge in [-0.15, -0.1) is 11.8 Å². The van der Waals surface area contributed by atoms with Gasteiger partial charge >= 0.3 is 6.03 Å². The molecule has 19 heavy (non-hydrogen) atoms. The van der Waals surface area contributed by atoms with Crippen LogP contribution in [0, 0.1) is 0 Å². The van der Waals surface area contributed by atoms with Crippen LogP contribution in [-0.2, 0) is 6.54 Å². The number of amides is 2. The van der Waals surface area contributed by atoms with E-state index in [1.54, 1.807) is 0 Å². The van der Waals surface area contributed by atoms with Crippen LogP contribution in [0.3, 0.4) is 0 Å². The Balaban J connectivity index is 2.44. The van der Waals surface area contributed by atoms with Crippen molar-refractivity contribution >= 4 is 17.8 Å². The van der Waals surface area contributed by atoms with Gasteiger partial charge in [-0.05, 0) is 38.5 Å². The number of hydrogen-bond acceptors (Lipinski definition) is 2. The summed E-state index contributed by atoms with van der Waals surface area (Å²) in [6, 6.07) is 8.18. The number of nitrogens with one attached hydrogen (secondary N) is 2. The van der Waals surface area contributed by atoms with E-state index in [9.17, 15) is 4.79 Å². The topological polar surface area (TPSA) is 41.1 Å². The van der Waals surface area contributed by atoms with Crippen molar-refractivity contribution in [1.82, 2.24) is 10.6 Å². The van der Waals surface area contributed by atoms with Crippen LogP contribution in [0.4, 0.5) is 4.79 Å². The second-order valence-electron chi connectivity index (χ2n) is 5.87. The Kier molecular flexibility index (Phi) is 5.73. The van der Waals surface area contributed by atoms with Crippen molar-refractivity contribution in [1.29, 1.82) is 0 Å². The minimum absolute atomic E-state index is 0.131. The van der Waals surface area contributed by atoms with E-state index < -0.39 is 0 Å². The van der Waals surface area contributed by atoms with E-state index in [0.29, 0.717) is 11.8 Å². The monoisotopic (exact) mass is 280 g/mol. The third-order valence-corrected chi connectivity index (χ3v) is 3.25. The maximum atomic E-state index is 11.6. The van der Waals surface area contributed by atoms with Crippen molar-refractivity contribution in [2.75, 3.05) is 0 Å². The molecular weight excluding hydrogens is 256 g/mol. The van der Waals surface area contributed by atoms with Crippen molar-refractivity contribution < 1.29 is 4.79 Å². The first-order valence-electron chi connectivity index (χ1n) is 6.58. The molecule has 1 aromatic rings. The number of carbonyl (C=O) groups excluding carboxylic acids is 1. The number of carbonyl (C=O) groups is 1. The van der Waals surface area contributed by atoms with E-state index in [0.717, 1.165) is 5.56 Å². The molecular formula is C15H24N2OS. The van der Waals surface area contributed by atoms with E-state index in [2.05, 4.69) is 48.7 Å². The van der Waals surface area contributed by atoms with Crippen LogP contribution in [-0.4, -0.2) is 16.8 Å². The van der Waals surface area contributed by atoms with E-state index in [4.69, 9.17) is 0 Å². The summed E-state index contributed by atoms with van der Waals surface area (Å²) in [6.07, 6.45) is 0. The quantitative estimate of drug-likeness (QED) is 0.824. The molecule has 0 fully saturated rings. The minimum Gasteiger partial charge on any atom is -0.334 e. The van der Waals surface area contributed by atoms with Crippen molar-refractivity contribution in [3.05, 3.63) is 29.8 Å². The lowest BCUT2D eigenvalue weighted by molar-refractivity contribution is 0.231. The molecule has 0 aliphatic heterocycles. The third-order valence-electron chi connectivity index (χ3n) is 2.24. The smallest absolute Gasteiger partial charge is 0.315 e. The molecule has 0 spiro atoms. The van der Waals surface area contributed by atoms with Gasteiger partial charge in [-0.2, -0.15) is 0 Å². The van der Waals surface area contributed by atoms with Gasteiger partial charge in [0, 0.05) is 22.2 Å². The molecule has 0 saturated carbocycles. The molecule has 0 atom stereocenters. The van der Waals surface area contributed by atoms with Crippen LogP contribution in [0.5, 0.6) is 0 Å². The minimum atomic E-state index is -0.207. The first kappa shape index (κ1) is 15.9. The highest BCUT2D eigenvalue weighted by Crippen LogP contribution is 2.22. The first-order valence-corrected chi connectivity index (χ1v) is 7.46. The van der Waals surface area contributed by atoms with E-state index in [1.165, 1.54) is 4.90 Å². The highest BCUT2D eigenvalue weighted by Gasteiger charge is 2.12. The average molecular weight is 280 g/mol. The van der Waals surface area contributed by atoms with Gasteiger partial charge in [-0.1, -0.05) is 26.0 Å². The molecule has 2 amide bonds. The maximum Gasteiger partial charge on any atom is 0.315 e. The molecule has 0 unspecified atom stereocenters. The van der Waals surface area contributed by atoms with Gasteiger partial charge in [0.15, 0.2) is 0 Å². The van der Waals surface area contributed by atoms with E-state index >= 15 is 0 Å². The molecule has 1 rings (SSSR count). The standard InChI is InChI=1S/C15H24N2OS/c1-11(2)19-13-8-6-12(7-9-13)10-16-14(18)17-15(3,4)5/h6-9,11H,10H2,1-5H3,(H2,16,17,18). The van der Waals surface area contributed by atoms with Crippen LogP contribution in [0.2, 0.25) is 0 Å². The van der Waals surface area contributed by atoms with Crippen LogP contribution in [0.25, 0.3) is 0 Å². The molecule has 0 radical (unpaired) electrons. The molecule has 0 heterocycles. The Hall–Kier alpha value is -1.16. The number of rotatable bonds is 4. The molecule has 106 valence electrons. The normalized spacial score (nSPS) is 11.5. The zero-order valence-corrected chi connectivity index (χ0v) is 13.2. The SMILES string of the molecule is CC(C)Sc1ccc(CNC(=O)NC(C)(C)C)cc1. The number of hydrogen-bond donors (Lipinski definition) is 2.